The number of aromatic nitrogens is 3. The second-order valence-corrected chi connectivity index (χ2v) is 4.44. The monoisotopic (exact) mass is 238 g/mol. The van der Waals surface area contributed by atoms with Gasteiger partial charge in [-0.25, -0.2) is 4.68 Å². The summed E-state index contributed by atoms with van der Waals surface area (Å²) in [5, 5.41) is 11.1. The number of carbonyl (C=O) groups excluding carboxylic acids is 1. The van der Waals surface area contributed by atoms with Crippen molar-refractivity contribution in [2.45, 2.75) is 19.4 Å². The van der Waals surface area contributed by atoms with Crippen molar-refractivity contribution < 1.29 is 9.53 Å². The van der Waals surface area contributed by atoms with Crippen LogP contribution in [0.5, 0.6) is 0 Å². The van der Waals surface area contributed by atoms with Gasteiger partial charge >= 0.3 is 0 Å². The number of Topliss-reactive ketones (excluding diaryl/α,β-unsaturated/α-hetero) is 1. The molecule has 1 unspecified atom stereocenters. The van der Waals surface area contributed by atoms with E-state index in [1.54, 1.807) is 18.0 Å². The second kappa shape index (κ2) is 5.37. The van der Waals surface area contributed by atoms with Crippen molar-refractivity contribution in [3.05, 3.63) is 11.9 Å². The van der Waals surface area contributed by atoms with Gasteiger partial charge in [0, 0.05) is 32.7 Å². The van der Waals surface area contributed by atoms with Crippen molar-refractivity contribution in [2.75, 3.05) is 26.8 Å². The Morgan fingerprint density at radius 2 is 2.47 bits per heavy atom. The summed E-state index contributed by atoms with van der Waals surface area (Å²) in [6.07, 6.45) is 2.46. The van der Waals surface area contributed by atoms with Crippen molar-refractivity contribution in [2.24, 2.45) is 5.92 Å². The Hall–Kier alpha value is -1.27. The van der Waals surface area contributed by atoms with Crippen LogP contribution in [0.4, 0.5) is 0 Å². The first-order chi connectivity index (χ1) is 8.22. The summed E-state index contributed by atoms with van der Waals surface area (Å²) in [6.45, 7) is 4.28. The van der Waals surface area contributed by atoms with Crippen LogP contribution < -0.4 is 5.32 Å². The fourth-order valence-electron chi connectivity index (χ4n) is 1.71. The molecule has 0 spiro atoms. The Kier molecular flexibility index (Phi) is 3.86. The molecule has 2 rings (SSSR count). The molecule has 0 amide bonds. The topological polar surface area (TPSA) is 69.0 Å². The predicted octanol–water partition coefficient (Wildman–Crippen LogP) is 0.278. The third-order valence-corrected chi connectivity index (χ3v) is 3.10. The highest BCUT2D eigenvalue weighted by molar-refractivity contribution is 5.95. The second-order valence-electron chi connectivity index (χ2n) is 4.44. The van der Waals surface area contributed by atoms with Crippen LogP contribution in [0, 0.1) is 5.92 Å². The zero-order valence-corrected chi connectivity index (χ0v) is 10.2. The number of hydrogen-bond donors (Lipinski definition) is 1. The molecule has 1 atom stereocenters. The number of hydrogen-bond acceptors (Lipinski definition) is 5. The van der Waals surface area contributed by atoms with Gasteiger partial charge in [0.1, 0.15) is 5.69 Å². The lowest BCUT2D eigenvalue weighted by Gasteiger charge is -2.26. The van der Waals surface area contributed by atoms with Crippen LogP contribution in [0.2, 0.25) is 0 Å². The van der Waals surface area contributed by atoms with E-state index in [0.29, 0.717) is 24.8 Å². The minimum atomic E-state index is -0.0698. The Labute approximate surface area is 100 Å². The molecule has 0 aliphatic carbocycles. The molecule has 6 nitrogen and oxygen atoms in total. The average molecular weight is 238 g/mol. The molecule has 94 valence electrons. The maximum Gasteiger partial charge on any atom is 0.187 e. The molecule has 1 saturated heterocycles. The Balaban J connectivity index is 1.96. The zero-order valence-electron chi connectivity index (χ0n) is 10.2. The molecule has 2 heterocycles. The van der Waals surface area contributed by atoms with Crippen LogP contribution in [0.15, 0.2) is 6.20 Å². The van der Waals surface area contributed by atoms with Gasteiger partial charge in [0.05, 0.1) is 12.2 Å². The van der Waals surface area contributed by atoms with Gasteiger partial charge in [-0.15, -0.1) is 5.10 Å². The lowest BCUT2D eigenvalue weighted by atomic mass is 10.0. The number of methoxy groups -OCH3 is 1. The van der Waals surface area contributed by atoms with Gasteiger partial charge < -0.3 is 10.1 Å². The van der Waals surface area contributed by atoms with Gasteiger partial charge in [0.15, 0.2) is 5.78 Å². The first-order valence-electron chi connectivity index (χ1n) is 5.88. The Morgan fingerprint density at radius 1 is 1.71 bits per heavy atom. The summed E-state index contributed by atoms with van der Waals surface area (Å²) in [5.74, 6) is -0.0276. The van der Waals surface area contributed by atoms with E-state index in [-0.39, 0.29) is 11.7 Å². The molecule has 6 heteroatoms. The summed E-state index contributed by atoms with van der Waals surface area (Å²) in [5.41, 5.74) is 0.459. The van der Waals surface area contributed by atoms with Crippen LogP contribution in [0.25, 0.3) is 0 Å². The molecule has 1 aromatic rings. The molecular weight excluding hydrogens is 220 g/mol. The number of nitrogens with one attached hydrogen (secondary N) is 1. The normalized spacial score (nSPS) is 17.8. The third kappa shape index (κ3) is 2.70. The molecular formula is C11H18N4O2. The quantitative estimate of drug-likeness (QED) is 0.721. The van der Waals surface area contributed by atoms with Crippen LogP contribution >= 0.6 is 0 Å². The molecule has 0 radical (unpaired) electrons. The van der Waals surface area contributed by atoms with E-state index in [1.165, 1.54) is 0 Å². The van der Waals surface area contributed by atoms with Crippen molar-refractivity contribution >= 4 is 5.78 Å². The molecule has 0 bridgehead atoms. The van der Waals surface area contributed by atoms with Crippen LogP contribution in [0.1, 0.15) is 29.9 Å². The van der Waals surface area contributed by atoms with Crippen molar-refractivity contribution in [1.82, 2.24) is 20.3 Å². The molecule has 0 saturated carbocycles. The maximum absolute atomic E-state index is 12.0. The number of ether oxygens (including phenoxy) is 1. The van der Waals surface area contributed by atoms with E-state index in [9.17, 15) is 4.79 Å². The van der Waals surface area contributed by atoms with Crippen LogP contribution in [0.3, 0.4) is 0 Å². The van der Waals surface area contributed by atoms with Crippen molar-refractivity contribution in [3.8, 4) is 0 Å². The number of carbonyl (C=O) groups is 1. The Bertz CT molecular complexity index is 387. The minimum Gasteiger partial charge on any atom is -0.385 e. The van der Waals surface area contributed by atoms with Gasteiger partial charge in [-0.1, -0.05) is 12.1 Å². The number of ketones is 1. The van der Waals surface area contributed by atoms with E-state index < -0.39 is 0 Å². The van der Waals surface area contributed by atoms with Crippen molar-refractivity contribution in [3.63, 3.8) is 0 Å². The standard InChI is InChI=1S/C11H18N4O2/c1-8(3-4-17-2)11(16)10-7-15(14-13-10)9-5-12-6-9/h7-9,12H,3-6H2,1-2H3. The van der Waals surface area contributed by atoms with Gasteiger partial charge in [0.25, 0.3) is 0 Å². The summed E-state index contributed by atoms with van der Waals surface area (Å²) in [7, 11) is 1.64. The average Bonchev–Trinajstić information content (AvgIpc) is 2.71. The first-order valence-corrected chi connectivity index (χ1v) is 5.88. The molecule has 0 aromatic carbocycles. The fraction of sp³-hybridized carbons (Fsp3) is 0.727. The fourth-order valence-corrected chi connectivity index (χ4v) is 1.71. The Morgan fingerprint density at radius 3 is 3.06 bits per heavy atom. The van der Waals surface area contributed by atoms with E-state index in [2.05, 4.69) is 15.6 Å². The molecule has 17 heavy (non-hydrogen) atoms. The third-order valence-electron chi connectivity index (χ3n) is 3.10. The van der Waals surface area contributed by atoms with Gasteiger partial charge in [-0.3, -0.25) is 4.79 Å². The van der Waals surface area contributed by atoms with E-state index >= 15 is 0 Å². The highest BCUT2D eigenvalue weighted by Crippen LogP contribution is 2.13. The summed E-state index contributed by atoms with van der Waals surface area (Å²) in [4.78, 5) is 12.0. The van der Waals surface area contributed by atoms with Crippen molar-refractivity contribution in [1.29, 1.82) is 0 Å². The maximum atomic E-state index is 12.0. The lowest BCUT2D eigenvalue weighted by Crippen LogP contribution is -2.43. The minimum absolute atomic E-state index is 0.0422. The van der Waals surface area contributed by atoms with Gasteiger partial charge in [-0.05, 0) is 6.42 Å². The van der Waals surface area contributed by atoms with Gasteiger partial charge in [-0.2, -0.15) is 0 Å². The summed E-state index contributed by atoms with van der Waals surface area (Å²) in [6, 6.07) is 0.346. The molecule has 1 fully saturated rings. The SMILES string of the molecule is COCCC(C)C(=O)c1cn(C2CNC2)nn1. The largest absolute Gasteiger partial charge is 0.385 e. The molecule has 1 aliphatic rings. The smallest absolute Gasteiger partial charge is 0.187 e. The number of rotatable bonds is 6. The van der Waals surface area contributed by atoms with E-state index in [1.807, 2.05) is 6.92 Å². The first kappa shape index (κ1) is 12.2. The summed E-state index contributed by atoms with van der Waals surface area (Å²) >= 11 is 0. The molecule has 1 N–H and O–H groups in total. The molecule has 1 aromatic heterocycles. The lowest BCUT2D eigenvalue weighted by molar-refractivity contribution is 0.0888. The predicted molar refractivity (Wildman–Crippen MR) is 61.9 cm³/mol. The molecule has 1 aliphatic heterocycles. The van der Waals surface area contributed by atoms with Crippen LogP contribution in [-0.4, -0.2) is 47.6 Å². The van der Waals surface area contributed by atoms with Gasteiger partial charge in [0.2, 0.25) is 0 Å². The zero-order chi connectivity index (χ0) is 12.3. The van der Waals surface area contributed by atoms with E-state index in [4.69, 9.17) is 4.74 Å². The highest BCUT2D eigenvalue weighted by Gasteiger charge is 2.23. The van der Waals surface area contributed by atoms with Crippen LogP contribution in [-0.2, 0) is 4.74 Å². The summed E-state index contributed by atoms with van der Waals surface area (Å²) < 4.78 is 6.74. The highest BCUT2D eigenvalue weighted by atomic mass is 16.5. The number of nitrogens with zero attached hydrogens (tertiary/aromatic N) is 3. The van der Waals surface area contributed by atoms with E-state index in [0.717, 1.165) is 13.1 Å².